The number of nitrogens with one attached hydrogen (secondary N) is 2. The molecule has 1 fully saturated rings. The van der Waals surface area contributed by atoms with Gasteiger partial charge < -0.3 is 5.32 Å². The third kappa shape index (κ3) is 6.86. The molecule has 0 spiro atoms. The Morgan fingerprint density at radius 3 is 2.49 bits per heavy atom. The SMILES string of the molecule is CCS(=O)(=O)Nc1ccc2c(c1)C(c1c(F)ccc(NC3CN(CCCF)C3)c1F)N(CC(C)(C)F)C(C)C2. The number of anilines is 2. The molecular weight excluding hydrogens is 532 g/mol. The van der Waals surface area contributed by atoms with Gasteiger partial charge in [0.15, 0.2) is 5.82 Å². The minimum Gasteiger partial charge on any atom is -0.377 e. The molecule has 2 aromatic rings. The Morgan fingerprint density at radius 1 is 1.13 bits per heavy atom. The summed E-state index contributed by atoms with van der Waals surface area (Å²) in [5.74, 6) is -1.65. The molecule has 2 aromatic carbocycles. The maximum atomic E-state index is 16.2. The van der Waals surface area contributed by atoms with E-state index in [0.717, 1.165) is 5.56 Å². The van der Waals surface area contributed by atoms with E-state index >= 15 is 13.2 Å². The highest BCUT2D eigenvalue weighted by Gasteiger charge is 2.40. The van der Waals surface area contributed by atoms with E-state index in [2.05, 4.69) is 14.9 Å². The first kappa shape index (κ1) is 29.6. The summed E-state index contributed by atoms with van der Waals surface area (Å²) in [6, 6.07) is 6.30. The van der Waals surface area contributed by atoms with E-state index in [4.69, 9.17) is 0 Å². The van der Waals surface area contributed by atoms with Crippen molar-refractivity contribution >= 4 is 21.4 Å². The topological polar surface area (TPSA) is 64.7 Å². The zero-order valence-corrected chi connectivity index (χ0v) is 23.7. The van der Waals surface area contributed by atoms with Gasteiger partial charge in [0.1, 0.15) is 11.5 Å². The van der Waals surface area contributed by atoms with Crippen LogP contribution < -0.4 is 10.0 Å². The summed E-state index contributed by atoms with van der Waals surface area (Å²) in [5, 5.41) is 3.15. The van der Waals surface area contributed by atoms with Gasteiger partial charge in [-0.05, 0) is 75.9 Å². The fraction of sp³-hybridized carbons (Fsp3) is 0.571. The van der Waals surface area contributed by atoms with Crippen molar-refractivity contribution < 1.29 is 26.0 Å². The number of rotatable bonds is 11. The second-order valence-corrected chi connectivity index (χ2v) is 13.2. The van der Waals surface area contributed by atoms with Gasteiger partial charge >= 0.3 is 0 Å². The van der Waals surface area contributed by atoms with Crippen molar-refractivity contribution in [2.24, 2.45) is 0 Å². The Morgan fingerprint density at radius 2 is 1.85 bits per heavy atom. The molecule has 0 radical (unpaired) electrons. The Bertz CT molecular complexity index is 1280. The lowest BCUT2D eigenvalue weighted by Gasteiger charge is -2.44. The van der Waals surface area contributed by atoms with Crippen LogP contribution in [0.5, 0.6) is 0 Å². The van der Waals surface area contributed by atoms with Crippen LogP contribution in [-0.2, 0) is 16.4 Å². The summed E-state index contributed by atoms with van der Waals surface area (Å²) in [4.78, 5) is 3.82. The van der Waals surface area contributed by atoms with Crippen LogP contribution in [0.15, 0.2) is 30.3 Å². The largest absolute Gasteiger partial charge is 0.377 e. The molecule has 2 heterocycles. The number of sulfonamides is 1. The third-order valence-electron chi connectivity index (χ3n) is 7.39. The monoisotopic (exact) mass is 570 g/mol. The molecule has 2 atom stereocenters. The van der Waals surface area contributed by atoms with Crippen LogP contribution in [0, 0.1) is 11.6 Å². The van der Waals surface area contributed by atoms with Crippen molar-refractivity contribution in [1.82, 2.24) is 9.80 Å². The smallest absolute Gasteiger partial charge is 0.232 e. The Hall–Kier alpha value is -2.37. The second-order valence-electron chi connectivity index (χ2n) is 11.2. The summed E-state index contributed by atoms with van der Waals surface area (Å²) in [5.41, 5.74) is -0.0787. The molecule has 39 heavy (non-hydrogen) atoms. The van der Waals surface area contributed by atoms with Crippen molar-refractivity contribution in [2.75, 3.05) is 48.6 Å². The number of nitrogens with zero attached hydrogens (tertiary/aromatic N) is 2. The lowest BCUT2D eigenvalue weighted by Crippen LogP contribution is -2.55. The molecule has 216 valence electrons. The highest BCUT2D eigenvalue weighted by Crippen LogP contribution is 2.43. The number of likely N-dealkylation sites (tertiary alicyclic amines) is 1. The number of hydrogen-bond acceptors (Lipinski definition) is 5. The standard InChI is InChI=1S/C28H38F4N4O2S/c1-5-39(37,38)34-20-8-7-19-13-18(2)36(17-28(3,4)32)27(22(19)14-20)25-23(30)9-10-24(26(25)31)33-21-15-35(16-21)12-6-11-29/h7-10,14,18,21,27,33-34H,5-6,11-13,15-17H2,1-4H3. The first-order valence-electron chi connectivity index (χ1n) is 13.4. The highest BCUT2D eigenvalue weighted by molar-refractivity contribution is 7.92. The molecule has 2 aliphatic rings. The van der Waals surface area contributed by atoms with Crippen LogP contribution in [-0.4, -0.2) is 74.6 Å². The van der Waals surface area contributed by atoms with Gasteiger partial charge in [-0.25, -0.2) is 21.6 Å². The lowest BCUT2D eigenvalue weighted by molar-refractivity contribution is 0.0653. The van der Waals surface area contributed by atoms with Gasteiger partial charge in [0.05, 0.1) is 30.2 Å². The van der Waals surface area contributed by atoms with E-state index in [1.165, 1.54) is 32.9 Å². The number of alkyl halides is 2. The Kier molecular flexibility index (Phi) is 8.82. The fourth-order valence-corrected chi connectivity index (χ4v) is 6.13. The first-order chi connectivity index (χ1) is 18.3. The Balaban J connectivity index is 1.75. The molecular formula is C28H38F4N4O2S. The summed E-state index contributed by atoms with van der Waals surface area (Å²) in [6.45, 7) is 7.67. The number of halogens is 4. The quantitative estimate of drug-likeness (QED) is 0.361. The Labute approximate surface area is 228 Å². The van der Waals surface area contributed by atoms with E-state index in [1.54, 1.807) is 23.1 Å². The molecule has 2 aliphatic heterocycles. The molecule has 0 bridgehead atoms. The number of hydrogen-bond donors (Lipinski definition) is 2. The predicted molar refractivity (Wildman–Crippen MR) is 147 cm³/mol. The summed E-state index contributed by atoms with van der Waals surface area (Å²) in [7, 11) is -3.58. The molecule has 2 unspecified atom stereocenters. The van der Waals surface area contributed by atoms with E-state index in [0.29, 0.717) is 38.0 Å². The predicted octanol–water partition coefficient (Wildman–Crippen LogP) is 5.27. The molecule has 0 saturated carbocycles. The van der Waals surface area contributed by atoms with Crippen molar-refractivity contribution in [3.05, 3.63) is 58.7 Å². The van der Waals surface area contributed by atoms with Gasteiger partial charge in [-0.1, -0.05) is 6.07 Å². The number of benzene rings is 2. The van der Waals surface area contributed by atoms with Crippen LogP contribution in [0.1, 0.15) is 56.8 Å². The van der Waals surface area contributed by atoms with Crippen molar-refractivity contribution in [1.29, 1.82) is 0 Å². The summed E-state index contributed by atoms with van der Waals surface area (Å²) >= 11 is 0. The number of fused-ring (bicyclic) bond motifs is 1. The van der Waals surface area contributed by atoms with Crippen LogP contribution in [0.4, 0.5) is 28.9 Å². The van der Waals surface area contributed by atoms with Gasteiger partial charge in [-0.2, -0.15) is 0 Å². The minimum atomic E-state index is -3.58. The van der Waals surface area contributed by atoms with E-state index < -0.39 is 33.4 Å². The van der Waals surface area contributed by atoms with Gasteiger partial charge in [0.2, 0.25) is 10.0 Å². The molecule has 0 aliphatic carbocycles. The average Bonchev–Trinajstić information content (AvgIpc) is 2.83. The normalized spacial score (nSPS) is 20.9. The molecule has 11 heteroatoms. The molecule has 1 saturated heterocycles. The zero-order valence-electron chi connectivity index (χ0n) is 22.9. The van der Waals surface area contributed by atoms with Crippen LogP contribution in [0.2, 0.25) is 0 Å². The first-order valence-corrected chi connectivity index (χ1v) is 15.1. The molecule has 6 nitrogen and oxygen atoms in total. The summed E-state index contributed by atoms with van der Waals surface area (Å²) in [6.07, 6.45) is 0.957. The van der Waals surface area contributed by atoms with Gasteiger partial charge in [-0.3, -0.25) is 18.9 Å². The minimum absolute atomic E-state index is 0.0640. The molecule has 0 aromatic heterocycles. The van der Waals surface area contributed by atoms with Crippen molar-refractivity contribution in [3.8, 4) is 0 Å². The zero-order chi connectivity index (χ0) is 28.5. The molecule has 4 rings (SSSR count). The fourth-order valence-electron chi connectivity index (χ4n) is 5.50. The van der Waals surface area contributed by atoms with E-state index in [9.17, 15) is 12.8 Å². The highest BCUT2D eigenvalue weighted by atomic mass is 32.2. The average molecular weight is 571 g/mol. The van der Waals surface area contributed by atoms with Crippen molar-refractivity contribution in [3.63, 3.8) is 0 Å². The lowest BCUT2D eigenvalue weighted by atomic mass is 9.83. The van der Waals surface area contributed by atoms with Crippen LogP contribution in [0.3, 0.4) is 0 Å². The van der Waals surface area contributed by atoms with E-state index in [1.807, 2.05) is 6.92 Å². The molecule has 2 N–H and O–H groups in total. The van der Waals surface area contributed by atoms with Crippen LogP contribution in [0.25, 0.3) is 0 Å². The third-order valence-corrected chi connectivity index (χ3v) is 8.70. The maximum Gasteiger partial charge on any atom is 0.232 e. The van der Waals surface area contributed by atoms with Crippen molar-refractivity contribution in [2.45, 2.75) is 64.3 Å². The maximum absolute atomic E-state index is 16.2. The molecule has 0 amide bonds. The second kappa shape index (κ2) is 11.6. The summed E-state index contributed by atoms with van der Waals surface area (Å²) < 4.78 is 86.3. The van der Waals surface area contributed by atoms with Gasteiger partial charge in [-0.15, -0.1) is 0 Å². The van der Waals surface area contributed by atoms with Crippen LogP contribution >= 0.6 is 0 Å². The van der Waals surface area contributed by atoms with Gasteiger partial charge in [0.25, 0.3) is 0 Å². The van der Waals surface area contributed by atoms with E-state index in [-0.39, 0.29) is 48.0 Å². The van der Waals surface area contributed by atoms with Gasteiger partial charge in [0, 0.05) is 43.5 Å².